The number of nitrogens with zero attached hydrogens (tertiary/aromatic N) is 3. The first kappa shape index (κ1) is 20.0. The molecule has 3 aromatic rings. The number of fused-ring (bicyclic) bond motifs is 3. The van der Waals surface area contributed by atoms with Gasteiger partial charge in [-0.1, -0.05) is 59.6 Å². The van der Waals surface area contributed by atoms with E-state index in [1.807, 2.05) is 24.3 Å². The van der Waals surface area contributed by atoms with Crippen molar-refractivity contribution in [3.8, 4) is 22.9 Å². The number of nitrogens with one attached hydrogen (secondary N) is 1. The highest BCUT2D eigenvalue weighted by Crippen LogP contribution is 2.41. The van der Waals surface area contributed by atoms with Gasteiger partial charge >= 0.3 is 0 Å². The molecule has 2 aromatic carbocycles. The summed E-state index contributed by atoms with van der Waals surface area (Å²) in [6.07, 6.45) is 2.96. The third-order valence-electron chi connectivity index (χ3n) is 4.54. The zero-order chi connectivity index (χ0) is 20.2. The second kappa shape index (κ2) is 9.00. The molecule has 150 valence electrons. The van der Waals surface area contributed by atoms with Gasteiger partial charge in [0.2, 0.25) is 11.0 Å². The average molecular weight is 473 g/mol. The number of halogens is 1. The highest BCUT2D eigenvalue weighted by molar-refractivity contribution is 9.10. The minimum atomic E-state index is -0.516. The quantitative estimate of drug-likeness (QED) is 0.346. The first-order chi connectivity index (χ1) is 14.1. The van der Waals surface area contributed by atoms with Crippen molar-refractivity contribution in [1.82, 2.24) is 15.2 Å². The summed E-state index contributed by atoms with van der Waals surface area (Å²) in [6.45, 7) is 2.18. The molecule has 1 aliphatic rings. The third-order valence-corrected chi connectivity index (χ3v) is 5.96. The number of phenolic OH excluding ortho intramolecular Hbond substituents is 1. The van der Waals surface area contributed by atoms with Gasteiger partial charge in [-0.2, -0.15) is 4.98 Å². The van der Waals surface area contributed by atoms with Gasteiger partial charge in [0, 0.05) is 27.0 Å². The Hall–Kier alpha value is -2.32. The van der Waals surface area contributed by atoms with Crippen LogP contribution in [0.15, 0.2) is 52.1 Å². The fourth-order valence-electron chi connectivity index (χ4n) is 3.09. The second-order valence-electron chi connectivity index (χ2n) is 6.73. The molecule has 2 N–H and O–H groups in total. The smallest absolute Gasteiger partial charge is 0.247 e. The summed E-state index contributed by atoms with van der Waals surface area (Å²) in [5.41, 5.74) is 3.11. The van der Waals surface area contributed by atoms with Crippen LogP contribution < -0.4 is 10.1 Å². The van der Waals surface area contributed by atoms with Gasteiger partial charge in [0.15, 0.2) is 11.9 Å². The Bertz CT molecular complexity index is 1020. The molecule has 1 unspecified atom stereocenters. The number of benzene rings is 2. The highest BCUT2D eigenvalue weighted by atomic mass is 79.9. The van der Waals surface area contributed by atoms with Crippen LogP contribution in [0.25, 0.3) is 11.3 Å². The molecule has 0 saturated carbocycles. The van der Waals surface area contributed by atoms with Crippen molar-refractivity contribution in [2.75, 3.05) is 11.1 Å². The number of anilines is 1. The van der Waals surface area contributed by atoms with Gasteiger partial charge in [-0.15, -0.1) is 10.2 Å². The predicted octanol–water partition coefficient (Wildman–Crippen LogP) is 5.79. The van der Waals surface area contributed by atoms with Crippen LogP contribution in [-0.2, 0) is 0 Å². The third kappa shape index (κ3) is 4.64. The van der Waals surface area contributed by atoms with Crippen molar-refractivity contribution >= 4 is 33.4 Å². The minimum absolute atomic E-state index is 0.182. The number of aromatic nitrogens is 3. The number of rotatable bonds is 6. The van der Waals surface area contributed by atoms with Crippen LogP contribution in [0.1, 0.15) is 38.0 Å². The van der Waals surface area contributed by atoms with Gasteiger partial charge in [0.25, 0.3) is 0 Å². The Morgan fingerprint density at radius 1 is 1.17 bits per heavy atom. The zero-order valence-electron chi connectivity index (χ0n) is 15.9. The first-order valence-electron chi connectivity index (χ1n) is 9.53. The van der Waals surface area contributed by atoms with Crippen LogP contribution in [0, 0.1) is 0 Å². The van der Waals surface area contributed by atoms with E-state index in [0.29, 0.717) is 16.7 Å². The molecule has 2 heterocycles. The van der Waals surface area contributed by atoms with Crippen LogP contribution in [0.5, 0.6) is 11.6 Å². The molecule has 0 radical (unpaired) electrons. The van der Waals surface area contributed by atoms with E-state index in [1.165, 1.54) is 12.8 Å². The number of phenols is 1. The number of thioether (sulfide) groups is 1. The molecule has 0 bridgehead atoms. The maximum atomic E-state index is 9.90. The Labute approximate surface area is 182 Å². The number of unbranched alkanes of at least 4 members (excludes halogenated alkanes) is 2. The van der Waals surface area contributed by atoms with Gasteiger partial charge in [0.05, 0.1) is 0 Å². The van der Waals surface area contributed by atoms with Crippen molar-refractivity contribution in [1.29, 1.82) is 0 Å². The van der Waals surface area contributed by atoms with Crippen molar-refractivity contribution < 1.29 is 9.84 Å². The van der Waals surface area contributed by atoms with Crippen LogP contribution in [0.2, 0.25) is 0 Å². The standard InChI is InChI=1S/C21H21BrN4O2S/c1-2-3-4-10-29-21-24-20-18(25-26-21)16-12-14(22)8-9-17(16)23-19(28-20)13-6-5-7-15(27)11-13/h5-9,11-12,19,23,27H,2-4,10H2,1H3. The molecule has 8 heteroatoms. The van der Waals surface area contributed by atoms with Crippen LogP contribution in [0.3, 0.4) is 0 Å². The van der Waals surface area contributed by atoms with E-state index in [1.54, 1.807) is 30.0 Å². The van der Waals surface area contributed by atoms with Crippen LogP contribution in [-0.4, -0.2) is 26.0 Å². The zero-order valence-corrected chi connectivity index (χ0v) is 18.3. The maximum Gasteiger partial charge on any atom is 0.247 e. The van der Waals surface area contributed by atoms with Crippen LogP contribution in [0.4, 0.5) is 5.69 Å². The molecule has 1 atom stereocenters. The molecule has 0 spiro atoms. The van der Waals surface area contributed by atoms with E-state index in [0.717, 1.165) is 33.5 Å². The van der Waals surface area contributed by atoms with Gasteiger partial charge < -0.3 is 15.2 Å². The molecule has 6 nitrogen and oxygen atoms in total. The molecule has 0 amide bonds. The van der Waals surface area contributed by atoms with Gasteiger partial charge in [-0.05, 0) is 36.8 Å². The van der Waals surface area contributed by atoms with E-state index in [2.05, 4.69) is 43.4 Å². The second-order valence-corrected chi connectivity index (χ2v) is 8.71. The summed E-state index contributed by atoms with van der Waals surface area (Å²) in [7, 11) is 0. The SMILES string of the molecule is CCCCCSc1nnc2c(n1)OC(c1cccc(O)c1)Nc1ccc(Br)cc1-2. The van der Waals surface area contributed by atoms with E-state index in [-0.39, 0.29) is 5.75 Å². The van der Waals surface area contributed by atoms with Crippen molar-refractivity contribution in [2.45, 2.75) is 37.6 Å². The molecule has 29 heavy (non-hydrogen) atoms. The maximum absolute atomic E-state index is 9.90. The number of hydrogen-bond acceptors (Lipinski definition) is 7. The number of hydrogen-bond donors (Lipinski definition) is 2. The molecule has 4 rings (SSSR count). The van der Waals surface area contributed by atoms with Gasteiger partial charge in [-0.3, -0.25) is 0 Å². The van der Waals surface area contributed by atoms with Gasteiger partial charge in [0.1, 0.15) is 5.75 Å². The number of ether oxygens (including phenoxy) is 1. The van der Waals surface area contributed by atoms with E-state index < -0.39 is 6.23 Å². The highest BCUT2D eigenvalue weighted by Gasteiger charge is 2.26. The topological polar surface area (TPSA) is 80.2 Å². The predicted molar refractivity (Wildman–Crippen MR) is 118 cm³/mol. The summed E-state index contributed by atoms with van der Waals surface area (Å²) < 4.78 is 7.15. The van der Waals surface area contributed by atoms with Gasteiger partial charge in [-0.25, -0.2) is 0 Å². The largest absolute Gasteiger partial charge is 0.508 e. The summed E-state index contributed by atoms with van der Waals surface area (Å²) in [4.78, 5) is 4.65. The molecular formula is C21H21BrN4O2S. The Morgan fingerprint density at radius 2 is 2.07 bits per heavy atom. The van der Waals surface area contributed by atoms with Crippen molar-refractivity contribution in [3.05, 3.63) is 52.5 Å². The normalized spacial score (nSPS) is 14.9. The summed E-state index contributed by atoms with van der Waals surface area (Å²) in [5, 5.41) is 22.6. The lowest BCUT2D eigenvalue weighted by Gasteiger charge is -2.19. The van der Waals surface area contributed by atoms with Crippen molar-refractivity contribution in [2.24, 2.45) is 0 Å². The minimum Gasteiger partial charge on any atom is -0.508 e. The lowest BCUT2D eigenvalue weighted by Crippen LogP contribution is -2.17. The fraction of sp³-hybridized carbons (Fsp3) is 0.286. The molecule has 0 saturated heterocycles. The summed E-state index contributed by atoms with van der Waals surface area (Å²) >= 11 is 5.12. The summed E-state index contributed by atoms with van der Waals surface area (Å²) in [6, 6.07) is 12.9. The van der Waals surface area contributed by atoms with E-state index in [9.17, 15) is 5.11 Å². The molecular weight excluding hydrogens is 452 g/mol. The monoisotopic (exact) mass is 472 g/mol. The molecule has 1 aliphatic heterocycles. The van der Waals surface area contributed by atoms with E-state index >= 15 is 0 Å². The Balaban J connectivity index is 1.72. The first-order valence-corrected chi connectivity index (χ1v) is 11.3. The molecule has 1 aromatic heterocycles. The molecule has 0 aliphatic carbocycles. The lowest BCUT2D eigenvalue weighted by molar-refractivity contribution is 0.225. The Kier molecular flexibility index (Phi) is 6.20. The average Bonchev–Trinajstić information content (AvgIpc) is 2.87. The fourth-order valence-corrected chi connectivity index (χ4v) is 4.22. The molecule has 0 fully saturated rings. The van der Waals surface area contributed by atoms with E-state index in [4.69, 9.17) is 4.74 Å². The number of aromatic hydroxyl groups is 1. The lowest BCUT2D eigenvalue weighted by atomic mass is 10.1. The van der Waals surface area contributed by atoms with Crippen molar-refractivity contribution in [3.63, 3.8) is 0 Å². The Morgan fingerprint density at radius 3 is 2.90 bits per heavy atom. The summed E-state index contributed by atoms with van der Waals surface area (Å²) in [5.74, 6) is 1.56. The van der Waals surface area contributed by atoms with Crippen LogP contribution >= 0.6 is 27.7 Å².